The lowest BCUT2D eigenvalue weighted by Gasteiger charge is -2.25. The molecule has 0 aliphatic carbocycles. The summed E-state index contributed by atoms with van der Waals surface area (Å²) in [5.41, 5.74) is -0.0619. The van der Waals surface area contributed by atoms with Gasteiger partial charge in [-0.25, -0.2) is 13.2 Å². The number of rotatable bonds is 10. The second kappa shape index (κ2) is 9.29. The fourth-order valence-electron chi connectivity index (χ4n) is 2.33. The second-order valence-electron chi connectivity index (χ2n) is 4.93. The third kappa shape index (κ3) is 5.39. The molecule has 1 aromatic rings. The van der Waals surface area contributed by atoms with E-state index in [-0.39, 0.29) is 12.0 Å². The summed E-state index contributed by atoms with van der Waals surface area (Å²) in [4.78, 5) is 0. The first-order valence-corrected chi connectivity index (χ1v) is 9.29. The molecule has 126 valence electrons. The number of unbranched alkanes of at least 4 members (excludes halogenated alkanes) is 2. The van der Waals surface area contributed by atoms with Crippen molar-refractivity contribution in [3.63, 3.8) is 0 Å². The average molecular weight is 336 g/mol. The molecule has 0 bridgehead atoms. The zero-order valence-corrected chi connectivity index (χ0v) is 14.3. The Morgan fingerprint density at radius 2 is 1.55 bits per heavy atom. The molecule has 0 atom stereocenters. The van der Waals surface area contributed by atoms with Crippen molar-refractivity contribution in [2.75, 3.05) is 20.8 Å². The third-order valence-electron chi connectivity index (χ3n) is 3.50. The van der Waals surface area contributed by atoms with E-state index in [1.807, 2.05) is 6.92 Å². The summed E-state index contributed by atoms with van der Waals surface area (Å²) >= 11 is 0. The first-order chi connectivity index (χ1) is 10.5. The molecule has 0 amide bonds. The molecule has 3 nitrogen and oxygen atoms in total. The van der Waals surface area contributed by atoms with Crippen LogP contribution in [0.15, 0.2) is 12.1 Å². The van der Waals surface area contributed by atoms with Gasteiger partial charge in [0.2, 0.25) is 0 Å². The van der Waals surface area contributed by atoms with Gasteiger partial charge in [0.15, 0.2) is 0 Å². The SMILES string of the molecule is CCO[Si](CCCCCc1c(F)cc(F)cc1F)(OC)OC. The van der Waals surface area contributed by atoms with E-state index in [0.29, 0.717) is 31.2 Å². The standard InChI is InChI=1S/C15H23F3O3Si/c1-4-21-22(19-2,20-3)9-7-5-6-8-13-14(17)10-12(16)11-15(13)18/h10-11H,4-9H2,1-3H3. The van der Waals surface area contributed by atoms with Crippen molar-refractivity contribution < 1.29 is 26.4 Å². The van der Waals surface area contributed by atoms with Crippen molar-refractivity contribution >= 4 is 8.80 Å². The van der Waals surface area contributed by atoms with Crippen molar-refractivity contribution in [1.29, 1.82) is 0 Å². The monoisotopic (exact) mass is 336 g/mol. The van der Waals surface area contributed by atoms with Crippen LogP contribution in [0.3, 0.4) is 0 Å². The van der Waals surface area contributed by atoms with Gasteiger partial charge in [0.25, 0.3) is 0 Å². The van der Waals surface area contributed by atoms with E-state index in [0.717, 1.165) is 12.8 Å². The minimum absolute atomic E-state index is 0.0619. The van der Waals surface area contributed by atoms with Crippen molar-refractivity contribution in [2.45, 2.75) is 38.7 Å². The Hall–Kier alpha value is -0.893. The van der Waals surface area contributed by atoms with E-state index in [9.17, 15) is 13.2 Å². The Morgan fingerprint density at radius 1 is 0.955 bits per heavy atom. The van der Waals surface area contributed by atoms with Gasteiger partial charge in [-0.2, -0.15) is 0 Å². The topological polar surface area (TPSA) is 27.7 Å². The molecule has 0 N–H and O–H groups in total. The molecule has 0 saturated heterocycles. The zero-order valence-electron chi connectivity index (χ0n) is 13.3. The summed E-state index contributed by atoms with van der Waals surface area (Å²) < 4.78 is 56.1. The van der Waals surface area contributed by atoms with Gasteiger partial charge < -0.3 is 13.3 Å². The Morgan fingerprint density at radius 3 is 2.05 bits per heavy atom. The van der Waals surface area contributed by atoms with Gasteiger partial charge in [-0.3, -0.25) is 0 Å². The van der Waals surface area contributed by atoms with Crippen LogP contribution < -0.4 is 0 Å². The molecule has 0 aliphatic rings. The molecule has 0 unspecified atom stereocenters. The Balaban J connectivity index is 2.43. The Kier molecular flexibility index (Phi) is 8.09. The average Bonchev–Trinajstić information content (AvgIpc) is 2.48. The van der Waals surface area contributed by atoms with Crippen LogP contribution in [0.25, 0.3) is 0 Å². The van der Waals surface area contributed by atoms with E-state index in [1.54, 1.807) is 14.2 Å². The number of benzene rings is 1. The third-order valence-corrected chi connectivity index (χ3v) is 6.44. The van der Waals surface area contributed by atoms with Gasteiger partial charge in [0, 0.05) is 44.6 Å². The molecule has 0 fully saturated rings. The number of hydrogen-bond acceptors (Lipinski definition) is 3. The number of hydrogen-bond donors (Lipinski definition) is 0. The molecule has 1 rings (SSSR count). The molecule has 22 heavy (non-hydrogen) atoms. The maximum Gasteiger partial charge on any atom is 0.500 e. The lowest BCUT2D eigenvalue weighted by molar-refractivity contribution is 0.103. The van der Waals surface area contributed by atoms with Gasteiger partial charge in [0.05, 0.1) is 0 Å². The number of halogens is 3. The van der Waals surface area contributed by atoms with Gasteiger partial charge in [-0.1, -0.05) is 6.42 Å². The molecular formula is C15H23F3O3Si. The Labute approximate surface area is 130 Å². The highest BCUT2D eigenvalue weighted by Gasteiger charge is 2.37. The minimum atomic E-state index is -2.60. The first kappa shape index (κ1) is 19.2. The van der Waals surface area contributed by atoms with Crippen LogP contribution in [-0.4, -0.2) is 29.6 Å². The fourth-order valence-corrected chi connectivity index (χ4v) is 4.41. The molecule has 0 heterocycles. The van der Waals surface area contributed by atoms with Crippen molar-refractivity contribution in [1.82, 2.24) is 0 Å². The summed E-state index contributed by atoms with van der Waals surface area (Å²) in [7, 11) is 0.529. The largest absolute Gasteiger partial charge is 0.500 e. The van der Waals surface area contributed by atoms with Crippen LogP contribution in [0.2, 0.25) is 6.04 Å². The van der Waals surface area contributed by atoms with Crippen LogP contribution in [0.4, 0.5) is 13.2 Å². The molecule has 1 aromatic carbocycles. The van der Waals surface area contributed by atoms with Crippen LogP contribution >= 0.6 is 0 Å². The maximum absolute atomic E-state index is 13.5. The lowest BCUT2D eigenvalue weighted by atomic mass is 10.1. The van der Waals surface area contributed by atoms with E-state index < -0.39 is 26.3 Å². The first-order valence-electron chi connectivity index (χ1n) is 7.35. The summed E-state index contributed by atoms with van der Waals surface area (Å²) in [5.74, 6) is -2.56. The second-order valence-corrected chi connectivity index (χ2v) is 7.90. The minimum Gasteiger partial charge on any atom is -0.377 e. The van der Waals surface area contributed by atoms with Crippen LogP contribution in [-0.2, 0) is 19.7 Å². The summed E-state index contributed by atoms with van der Waals surface area (Å²) in [5, 5.41) is 0. The molecule has 0 radical (unpaired) electrons. The van der Waals surface area contributed by atoms with E-state index in [1.165, 1.54) is 0 Å². The van der Waals surface area contributed by atoms with Crippen molar-refractivity contribution in [2.24, 2.45) is 0 Å². The van der Waals surface area contributed by atoms with Crippen LogP contribution in [0.5, 0.6) is 0 Å². The maximum atomic E-state index is 13.5. The summed E-state index contributed by atoms with van der Waals surface area (Å²) in [6.07, 6.45) is 2.37. The molecule has 0 aliphatic heterocycles. The van der Waals surface area contributed by atoms with Crippen molar-refractivity contribution in [3.05, 3.63) is 35.1 Å². The van der Waals surface area contributed by atoms with E-state index >= 15 is 0 Å². The van der Waals surface area contributed by atoms with E-state index in [2.05, 4.69) is 0 Å². The molecule has 0 spiro atoms. The van der Waals surface area contributed by atoms with Crippen LogP contribution in [0, 0.1) is 17.5 Å². The molecule has 7 heteroatoms. The molecule has 0 aromatic heterocycles. The molecular weight excluding hydrogens is 313 g/mol. The van der Waals surface area contributed by atoms with Crippen LogP contribution in [0.1, 0.15) is 31.7 Å². The zero-order chi connectivity index (χ0) is 16.6. The van der Waals surface area contributed by atoms with Gasteiger partial charge in [-0.05, 0) is 26.2 Å². The van der Waals surface area contributed by atoms with Gasteiger partial charge in [0.1, 0.15) is 17.5 Å². The summed E-state index contributed by atoms with van der Waals surface area (Å²) in [6, 6.07) is 2.07. The van der Waals surface area contributed by atoms with Gasteiger partial charge in [-0.15, -0.1) is 0 Å². The van der Waals surface area contributed by atoms with E-state index in [4.69, 9.17) is 13.3 Å². The lowest BCUT2D eigenvalue weighted by Crippen LogP contribution is -2.43. The highest BCUT2D eigenvalue weighted by Crippen LogP contribution is 2.21. The quantitative estimate of drug-likeness (QED) is 0.476. The Bertz CT molecular complexity index is 444. The fraction of sp³-hybridized carbons (Fsp3) is 0.600. The highest BCUT2D eigenvalue weighted by molar-refractivity contribution is 6.60. The smallest absolute Gasteiger partial charge is 0.377 e. The normalized spacial score (nSPS) is 11.9. The molecule has 0 saturated carbocycles. The van der Waals surface area contributed by atoms with Gasteiger partial charge >= 0.3 is 8.80 Å². The predicted octanol–water partition coefficient (Wildman–Crippen LogP) is 4.08. The van der Waals surface area contributed by atoms with Crippen molar-refractivity contribution in [3.8, 4) is 0 Å². The predicted molar refractivity (Wildman–Crippen MR) is 80.1 cm³/mol. The highest BCUT2D eigenvalue weighted by atomic mass is 28.4. The summed E-state index contributed by atoms with van der Waals surface area (Å²) in [6.45, 7) is 2.39.